The highest BCUT2D eigenvalue weighted by Crippen LogP contribution is 2.23. The molecule has 1 saturated carbocycles. The SMILES string of the molecule is O=C(NC1CCCC1)Sc1ccc(Cl)cc1. The first-order valence-corrected chi connectivity index (χ1v) is 6.67. The zero-order valence-electron chi connectivity index (χ0n) is 8.91. The largest absolute Gasteiger partial charge is 0.344 e. The molecule has 16 heavy (non-hydrogen) atoms. The Hall–Kier alpha value is -0.670. The minimum atomic E-state index is 0.0363. The molecule has 0 radical (unpaired) electrons. The first kappa shape index (κ1) is 11.8. The van der Waals surface area contributed by atoms with Crippen LogP contribution in [0.1, 0.15) is 25.7 Å². The van der Waals surface area contributed by atoms with Gasteiger partial charge in [-0.2, -0.15) is 0 Å². The lowest BCUT2D eigenvalue weighted by atomic mass is 10.3. The van der Waals surface area contributed by atoms with Gasteiger partial charge in [-0.05, 0) is 48.9 Å². The number of thioether (sulfide) groups is 1. The Morgan fingerprint density at radius 2 is 1.88 bits per heavy atom. The Morgan fingerprint density at radius 1 is 1.25 bits per heavy atom. The zero-order valence-corrected chi connectivity index (χ0v) is 10.5. The van der Waals surface area contributed by atoms with Crippen LogP contribution in [0.2, 0.25) is 5.02 Å². The molecule has 0 heterocycles. The van der Waals surface area contributed by atoms with Crippen LogP contribution in [0.15, 0.2) is 29.2 Å². The van der Waals surface area contributed by atoms with Crippen molar-refractivity contribution in [2.45, 2.75) is 36.6 Å². The Bertz CT molecular complexity index is 360. The summed E-state index contributed by atoms with van der Waals surface area (Å²) in [7, 11) is 0. The molecule has 0 spiro atoms. The van der Waals surface area contributed by atoms with Crippen LogP contribution in [0.4, 0.5) is 4.79 Å². The van der Waals surface area contributed by atoms with Crippen LogP contribution in [0, 0.1) is 0 Å². The van der Waals surface area contributed by atoms with E-state index in [9.17, 15) is 4.79 Å². The fourth-order valence-corrected chi connectivity index (χ4v) is 2.71. The van der Waals surface area contributed by atoms with Gasteiger partial charge in [0.05, 0.1) is 0 Å². The molecule has 2 rings (SSSR count). The molecule has 1 aromatic rings. The second-order valence-electron chi connectivity index (χ2n) is 3.97. The van der Waals surface area contributed by atoms with E-state index in [1.54, 1.807) is 12.1 Å². The van der Waals surface area contributed by atoms with Crippen LogP contribution >= 0.6 is 23.4 Å². The smallest absolute Gasteiger partial charge is 0.284 e. The van der Waals surface area contributed by atoms with Gasteiger partial charge in [0.25, 0.3) is 5.24 Å². The molecule has 0 aliphatic heterocycles. The summed E-state index contributed by atoms with van der Waals surface area (Å²) < 4.78 is 0. The summed E-state index contributed by atoms with van der Waals surface area (Å²) >= 11 is 7.01. The lowest BCUT2D eigenvalue weighted by molar-refractivity contribution is 0.257. The van der Waals surface area contributed by atoms with Gasteiger partial charge >= 0.3 is 0 Å². The molecule has 0 saturated heterocycles. The van der Waals surface area contributed by atoms with E-state index in [2.05, 4.69) is 5.32 Å². The Labute approximate surface area is 105 Å². The van der Waals surface area contributed by atoms with E-state index in [0.29, 0.717) is 11.1 Å². The topological polar surface area (TPSA) is 29.1 Å². The fraction of sp³-hybridized carbons (Fsp3) is 0.417. The maximum Gasteiger partial charge on any atom is 0.284 e. The first-order chi connectivity index (χ1) is 7.74. The van der Waals surface area contributed by atoms with Gasteiger partial charge in [-0.3, -0.25) is 4.79 Å². The summed E-state index contributed by atoms with van der Waals surface area (Å²) in [5, 5.41) is 3.76. The number of rotatable bonds is 2. The van der Waals surface area contributed by atoms with Crippen molar-refractivity contribution in [2.75, 3.05) is 0 Å². The van der Waals surface area contributed by atoms with Crippen LogP contribution in [0.5, 0.6) is 0 Å². The maximum atomic E-state index is 11.7. The summed E-state index contributed by atoms with van der Waals surface area (Å²) in [5.41, 5.74) is 0. The number of carbonyl (C=O) groups is 1. The highest BCUT2D eigenvalue weighted by Gasteiger charge is 2.17. The summed E-state index contributed by atoms with van der Waals surface area (Å²) in [6.07, 6.45) is 4.70. The third kappa shape index (κ3) is 3.42. The van der Waals surface area contributed by atoms with Crippen molar-refractivity contribution in [3.8, 4) is 0 Å². The first-order valence-electron chi connectivity index (χ1n) is 5.48. The highest BCUT2D eigenvalue weighted by molar-refractivity contribution is 8.13. The predicted molar refractivity (Wildman–Crippen MR) is 68.1 cm³/mol. The van der Waals surface area contributed by atoms with Gasteiger partial charge in [0, 0.05) is 16.0 Å². The van der Waals surface area contributed by atoms with Crippen molar-refractivity contribution in [3.63, 3.8) is 0 Å². The zero-order chi connectivity index (χ0) is 11.4. The predicted octanol–water partition coefficient (Wildman–Crippen LogP) is 4.08. The van der Waals surface area contributed by atoms with E-state index in [0.717, 1.165) is 17.7 Å². The van der Waals surface area contributed by atoms with Crippen molar-refractivity contribution in [1.82, 2.24) is 5.32 Å². The van der Waals surface area contributed by atoms with E-state index in [1.165, 1.54) is 24.6 Å². The molecule has 4 heteroatoms. The summed E-state index contributed by atoms with van der Waals surface area (Å²) in [6, 6.07) is 7.70. The van der Waals surface area contributed by atoms with Crippen LogP contribution < -0.4 is 5.32 Å². The third-order valence-corrected chi connectivity index (χ3v) is 3.76. The lowest BCUT2D eigenvalue weighted by Crippen LogP contribution is -2.29. The van der Waals surface area contributed by atoms with E-state index in [4.69, 9.17) is 11.6 Å². The highest BCUT2D eigenvalue weighted by atomic mass is 35.5. The molecule has 1 aliphatic carbocycles. The Morgan fingerprint density at radius 3 is 2.50 bits per heavy atom. The molecule has 86 valence electrons. The summed E-state index contributed by atoms with van der Waals surface area (Å²) in [6.45, 7) is 0. The maximum absolute atomic E-state index is 11.7. The standard InChI is InChI=1S/C12H14ClNOS/c13-9-5-7-11(8-6-9)16-12(15)14-10-3-1-2-4-10/h5-8,10H,1-4H2,(H,14,15). The van der Waals surface area contributed by atoms with Crippen LogP contribution in [0.3, 0.4) is 0 Å². The van der Waals surface area contributed by atoms with E-state index < -0.39 is 0 Å². The van der Waals surface area contributed by atoms with Gasteiger partial charge < -0.3 is 5.32 Å². The Balaban J connectivity index is 1.84. The molecule has 1 fully saturated rings. The van der Waals surface area contributed by atoms with Gasteiger partial charge in [-0.25, -0.2) is 0 Å². The molecule has 1 aliphatic rings. The van der Waals surface area contributed by atoms with E-state index in [1.807, 2.05) is 12.1 Å². The van der Waals surface area contributed by atoms with Gasteiger partial charge in [0.2, 0.25) is 0 Å². The van der Waals surface area contributed by atoms with Crippen molar-refractivity contribution in [3.05, 3.63) is 29.3 Å². The molecule has 1 N–H and O–H groups in total. The van der Waals surface area contributed by atoms with E-state index >= 15 is 0 Å². The minimum absolute atomic E-state index is 0.0363. The number of halogens is 1. The van der Waals surface area contributed by atoms with Crippen LogP contribution in [0.25, 0.3) is 0 Å². The number of benzene rings is 1. The van der Waals surface area contributed by atoms with Gasteiger partial charge in [0.15, 0.2) is 0 Å². The van der Waals surface area contributed by atoms with Crippen molar-refractivity contribution >= 4 is 28.6 Å². The molecule has 1 amide bonds. The second-order valence-corrected chi connectivity index (χ2v) is 5.45. The van der Waals surface area contributed by atoms with Crippen molar-refractivity contribution < 1.29 is 4.79 Å². The average Bonchev–Trinajstić information content (AvgIpc) is 2.74. The fourth-order valence-electron chi connectivity index (χ4n) is 1.88. The summed E-state index contributed by atoms with van der Waals surface area (Å²) in [4.78, 5) is 12.6. The van der Waals surface area contributed by atoms with Crippen molar-refractivity contribution in [1.29, 1.82) is 0 Å². The van der Waals surface area contributed by atoms with E-state index in [-0.39, 0.29) is 5.24 Å². The number of nitrogens with one attached hydrogen (secondary N) is 1. The van der Waals surface area contributed by atoms with Gasteiger partial charge in [-0.1, -0.05) is 24.4 Å². The van der Waals surface area contributed by atoms with Gasteiger partial charge in [-0.15, -0.1) is 0 Å². The quantitative estimate of drug-likeness (QED) is 0.807. The second kappa shape index (κ2) is 5.60. The van der Waals surface area contributed by atoms with Crippen LogP contribution in [-0.4, -0.2) is 11.3 Å². The van der Waals surface area contributed by atoms with Crippen LogP contribution in [-0.2, 0) is 0 Å². The Kier molecular flexibility index (Phi) is 4.13. The third-order valence-electron chi connectivity index (χ3n) is 2.70. The number of amides is 1. The van der Waals surface area contributed by atoms with Gasteiger partial charge in [0.1, 0.15) is 0 Å². The molecular formula is C12H14ClNOS. The number of hydrogen-bond donors (Lipinski definition) is 1. The molecule has 0 bridgehead atoms. The normalized spacial score (nSPS) is 16.3. The average molecular weight is 256 g/mol. The molecular weight excluding hydrogens is 242 g/mol. The molecule has 0 unspecified atom stereocenters. The molecule has 1 aromatic carbocycles. The van der Waals surface area contributed by atoms with Crippen molar-refractivity contribution in [2.24, 2.45) is 0 Å². The number of carbonyl (C=O) groups excluding carboxylic acids is 1. The monoisotopic (exact) mass is 255 g/mol. The molecule has 0 aromatic heterocycles. The summed E-state index contributed by atoms with van der Waals surface area (Å²) in [5.74, 6) is 0. The number of hydrogen-bond acceptors (Lipinski definition) is 2. The molecule has 2 nitrogen and oxygen atoms in total. The minimum Gasteiger partial charge on any atom is -0.344 e. The lowest BCUT2D eigenvalue weighted by Gasteiger charge is -2.10. The molecule has 0 atom stereocenters.